The van der Waals surface area contributed by atoms with Gasteiger partial charge in [-0.25, -0.2) is 9.78 Å². The first-order valence-electron chi connectivity index (χ1n) is 9.01. The zero-order chi connectivity index (χ0) is 22.5. The molecule has 2 heterocycles. The first kappa shape index (κ1) is 23.3. The van der Waals surface area contributed by atoms with Crippen molar-refractivity contribution in [3.63, 3.8) is 0 Å². The molecule has 0 fully saturated rings. The van der Waals surface area contributed by atoms with Crippen molar-refractivity contribution >= 4 is 34.4 Å². The van der Waals surface area contributed by atoms with Gasteiger partial charge in [-0.15, -0.1) is 6.58 Å². The molecule has 0 saturated heterocycles. The monoisotopic (exact) mass is 442 g/mol. The van der Waals surface area contributed by atoms with Gasteiger partial charge in [-0.3, -0.25) is 14.4 Å². The van der Waals surface area contributed by atoms with Crippen LogP contribution in [0.3, 0.4) is 0 Å². The minimum Gasteiger partial charge on any atom is -0.462 e. The van der Waals surface area contributed by atoms with E-state index in [4.69, 9.17) is 4.74 Å². The number of thiazole rings is 1. The largest absolute Gasteiger partial charge is 0.462 e. The molecule has 2 rings (SSSR count). The molecule has 0 unspecified atom stereocenters. The van der Waals surface area contributed by atoms with Gasteiger partial charge in [0.25, 0.3) is 5.91 Å². The lowest BCUT2D eigenvalue weighted by Gasteiger charge is -2.15. The molecule has 0 aromatic carbocycles. The van der Waals surface area contributed by atoms with Crippen molar-refractivity contribution in [1.29, 1.82) is 0 Å². The van der Waals surface area contributed by atoms with Gasteiger partial charge in [-0.1, -0.05) is 17.4 Å². The van der Waals surface area contributed by atoms with Gasteiger partial charge in [-0.05, 0) is 26.8 Å². The second-order valence-electron chi connectivity index (χ2n) is 5.96. The summed E-state index contributed by atoms with van der Waals surface area (Å²) in [4.78, 5) is 28.5. The van der Waals surface area contributed by atoms with Crippen LogP contribution < -0.4 is 4.90 Å². The van der Waals surface area contributed by atoms with Crippen molar-refractivity contribution in [2.24, 2.45) is 0 Å². The van der Waals surface area contributed by atoms with Gasteiger partial charge in [0, 0.05) is 30.4 Å². The molecular formula is C19H21F3N4O3S. The molecule has 162 valence electrons. The molecule has 0 aliphatic rings. The maximum absolute atomic E-state index is 13.4. The van der Waals surface area contributed by atoms with E-state index in [2.05, 4.69) is 16.7 Å². The van der Waals surface area contributed by atoms with Crippen LogP contribution in [0.5, 0.6) is 0 Å². The van der Waals surface area contributed by atoms with Crippen molar-refractivity contribution < 1.29 is 27.5 Å². The molecule has 0 bridgehead atoms. The molecule has 30 heavy (non-hydrogen) atoms. The van der Waals surface area contributed by atoms with Gasteiger partial charge in [0.15, 0.2) is 10.8 Å². The fraction of sp³-hybridized carbons (Fsp3) is 0.368. The summed E-state index contributed by atoms with van der Waals surface area (Å²) in [6.07, 6.45) is 0.806. The quantitative estimate of drug-likeness (QED) is 0.350. The minimum atomic E-state index is -4.87. The van der Waals surface area contributed by atoms with E-state index in [0.717, 1.165) is 10.6 Å². The van der Waals surface area contributed by atoms with Crippen molar-refractivity contribution in [2.75, 3.05) is 18.1 Å². The summed E-state index contributed by atoms with van der Waals surface area (Å²) in [5.74, 6) is -1.76. The highest BCUT2D eigenvalue weighted by Gasteiger charge is 2.41. The number of carbonyl (C=O) groups excluding carboxylic acids is 2. The molecule has 7 nitrogen and oxygen atoms in total. The number of nitrogens with zero attached hydrogens (tertiary/aromatic N) is 4. The third kappa shape index (κ3) is 5.15. The topological polar surface area (TPSA) is 77.3 Å². The summed E-state index contributed by atoms with van der Waals surface area (Å²) < 4.78 is 46.5. The Balaban J connectivity index is 2.40. The van der Waals surface area contributed by atoms with E-state index < -0.39 is 28.6 Å². The van der Waals surface area contributed by atoms with E-state index in [-0.39, 0.29) is 18.3 Å². The maximum atomic E-state index is 13.4. The molecule has 0 atom stereocenters. The van der Waals surface area contributed by atoms with Crippen LogP contribution in [0.15, 0.2) is 24.9 Å². The highest BCUT2D eigenvalue weighted by atomic mass is 32.1. The second kappa shape index (κ2) is 9.70. The normalized spacial score (nSPS) is 11.7. The molecular weight excluding hydrogens is 421 g/mol. The number of rotatable bonds is 8. The van der Waals surface area contributed by atoms with Gasteiger partial charge >= 0.3 is 12.1 Å². The first-order chi connectivity index (χ1) is 14.1. The number of hydrogen-bond acceptors (Lipinski definition) is 6. The van der Waals surface area contributed by atoms with Crippen LogP contribution in [-0.2, 0) is 22.3 Å². The summed E-state index contributed by atoms with van der Waals surface area (Å²) in [7, 11) is 0. The first-order valence-corrected chi connectivity index (χ1v) is 9.83. The standard InChI is InChI=1S/C19H21F3N4O3S/c1-5-10-25(14(27)9-8-13-11-23-26(6-2)12(13)4)18-24-16(19(20,21)22)15(30-18)17(28)29-7-3/h5,8-9,11H,1,6-7,10H2,2-4H3. The maximum Gasteiger partial charge on any atom is 0.435 e. The molecule has 0 saturated carbocycles. The molecule has 0 N–H and O–H groups in total. The van der Waals surface area contributed by atoms with E-state index in [1.165, 1.54) is 25.2 Å². The van der Waals surface area contributed by atoms with Gasteiger partial charge in [0.1, 0.15) is 4.88 Å². The molecule has 0 aliphatic carbocycles. The van der Waals surface area contributed by atoms with Crippen molar-refractivity contribution in [2.45, 2.75) is 33.5 Å². The molecule has 0 radical (unpaired) electrons. The molecule has 2 aromatic rings. The fourth-order valence-electron chi connectivity index (χ4n) is 2.54. The number of alkyl halides is 3. The average Bonchev–Trinajstić information content (AvgIpc) is 3.28. The number of esters is 1. The molecule has 1 amide bonds. The predicted molar refractivity (Wildman–Crippen MR) is 107 cm³/mol. The lowest BCUT2D eigenvalue weighted by atomic mass is 10.2. The number of ether oxygens (including phenoxy) is 1. The Kier molecular flexibility index (Phi) is 7.54. The third-order valence-corrected chi connectivity index (χ3v) is 5.06. The minimum absolute atomic E-state index is 0.0911. The van der Waals surface area contributed by atoms with Crippen LogP contribution in [0.4, 0.5) is 18.3 Å². The lowest BCUT2D eigenvalue weighted by molar-refractivity contribution is -0.141. The number of amides is 1. The van der Waals surface area contributed by atoms with E-state index in [9.17, 15) is 22.8 Å². The average molecular weight is 442 g/mol. The van der Waals surface area contributed by atoms with Gasteiger partial charge < -0.3 is 4.74 Å². The van der Waals surface area contributed by atoms with Gasteiger partial charge in [0.05, 0.1) is 12.8 Å². The van der Waals surface area contributed by atoms with E-state index in [1.807, 2.05) is 13.8 Å². The Morgan fingerprint density at radius 3 is 2.60 bits per heavy atom. The summed E-state index contributed by atoms with van der Waals surface area (Å²) in [6, 6.07) is 0. The van der Waals surface area contributed by atoms with Gasteiger partial charge in [-0.2, -0.15) is 18.3 Å². The Morgan fingerprint density at radius 2 is 2.07 bits per heavy atom. The Bertz CT molecular complexity index is 963. The van der Waals surface area contributed by atoms with E-state index in [1.54, 1.807) is 10.9 Å². The predicted octanol–water partition coefficient (Wildman–Crippen LogP) is 4.10. The summed E-state index contributed by atoms with van der Waals surface area (Å²) in [5, 5.41) is 3.89. The van der Waals surface area contributed by atoms with Crippen molar-refractivity contribution in [3.05, 3.63) is 46.8 Å². The number of aromatic nitrogens is 3. The van der Waals surface area contributed by atoms with Crippen molar-refractivity contribution in [1.82, 2.24) is 14.8 Å². The molecule has 0 aliphatic heterocycles. The van der Waals surface area contributed by atoms with Crippen LogP contribution in [0.1, 0.15) is 40.5 Å². The summed E-state index contributed by atoms with van der Waals surface area (Å²) in [5.41, 5.74) is 0.160. The second-order valence-corrected chi connectivity index (χ2v) is 6.94. The Morgan fingerprint density at radius 1 is 1.37 bits per heavy atom. The zero-order valence-electron chi connectivity index (χ0n) is 16.7. The van der Waals surface area contributed by atoms with Crippen LogP contribution in [0.2, 0.25) is 0 Å². The lowest BCUT2D eigenvalue weighted by Crippen LogP contribution is -2.29. The number of halogens is 3. The zero-order valence-corrected chi connectivity index (χ0v) is 17.5. The van der Waals surface area contributed by atoms with Crippen LogP contribution in [0, 0.1) is 6.92 Å². The van der Waals surface area contributed by atoms with Gasteiger partial charge in [0.2, 0.25) is 0 Å². The van der Waals surface area contributed by atoms with Crippen LogP contribution in [0.25, 0.3) is 6.08 Å². The van der Waals surface area contributed by atoms with E-state index >= 15 is 0 Å². The fourth-order valence-corrected chi connectivity index (χ4v) is 3.53. The SMILES string of the molecule is C=CCN(C(=O)C=Cc1cnn(CC)c1C)c1nc(C(F)(F)F)c(C(=O)OCC)s1. The Labute approximate surface area is 175 Å². The number of aryl methyl sites for hydroxylation is 1. The molecule has 0 spiro atoms. The highest BCUT2D eigenvalue weighted by molar-refractivity contribution is 7.17. The van der Waals surface area contributed by atoms with Crippen molar-refractivity contribution in [3.8, 4) is 0 Å². The van der Waals surface area contributed by atoms with E-state index in [0.29, 0.717) is 23.4 Å². The number of anilines is 1. The van der Waals surface area contributed by atoms with Crippen LogP contribution >= 0.6 is 11.3 Å². The summed E-state index contributed by atoms with van der Waals surface area (Å²) in [6.45, 7) is 9.24. The number of carbonyl (C=O) groups is 2. The third-order valence-electron chi connectivity index (χ3n) is 4.00. The molecule has 2 aromatic heterocycles. The highest BCUT2D eigenvalue weighted by Crippen LogP contribution is 2.38. The number of hydrogen-bond donors (Lipinski definition) is 0. The van der Waals surface area contributed by atoms with Crippen LogP contribution in [-0.4, -0.2) is 39.8 Å². The Hall–Kier alpha value is -2.95. The smallest absolute Gasteiger partial charge is 0.435 e. The summed E-state index contributed by atoms with van der Waals surface area (Å²) >= 11 is 0.445. The molecule has 11 heteroatoms.